The molecule has 0 saturated carbocycles. The summed E-state index contributed by atoms with van der Waals surface area (Å²) in [5, 5.41) is 20.4. The molecule has 232 valence electrons. The molecule has 1 aromatic heterocycles. The summed E-state index contributed by atoms with van der Waals surface area (Å²) >= 11 is 12.3. The number of anilines is 1. The Balaban J connectivity index is 1.21. The number of rotatable bonds is 12. The largest absolute Gasteiger partial charge is 0.493 e. The van der Waals surface area contributed by atoms with Crippen LogP contribution in [0.3, 0.4) is 0 Å². The van der Waals surface area contributed by atoms with Gasteiger partial charge in [0.1, 0.15) is 5.75 Å². The van der Waals surface area contributed by atoms with Crippen LogP contribution in [0.5, 0.6) is 23.0 Å². The van der Waals surface area contributed by atoms with Gasteiger partial charge >= 0.3 is 0 Å². The quantitative estimate of drug-likeness (QED) is 0.140. The van der Waals surface area contributed by atoms with Gasteiger partial charge in [-0.3, -0.25) is 15.1 Å². The minimum Gasteiger partial charge on any atom is -0.493 e. The van der Waals surface area contributed by atoms with E-state index in [4.69, 9.17) is 37.4 Å². The molecular weight excluding hydrogens is 610 g/mol. The van der Waals surface area contributed by atoms with Crippen molar-refractivity contribution >= 4 is 45.7 Å². The third-order valence-corrected chi connectivity index (χ3v) is 8.07. The molecule has 1 aliphatic rings. The summed E-state index contributed by atoms with van der Waals surface area (Å²) in [6.45, 7) is 2.78. The molecule has 1 atom stereocenters. The number of hydrogen-bond acceptors (Lipinski definition) is 8. The molecule has 1 fully saturated rings. The molecule has 44 heavy (non-hydrogen) atoms. The number of aromatic nitrogens is 1. The third kappa shape index (κ3) is 7.88. The second kappa shape index (κ2) is 14.9. The Kier molecular flexibility index (Phi) is 10.7. The number of hydrogen-bond donors (Lipinski definition) is 4. The maximum Gasteiger partial charge on any atom is 0.268 e. The minimum atomic E-state index is -1.54. The molecule has 0 radical (unpaired) electrons. The van der Waals surface area contributed by atoms with Gasteiger partial charge in [0, 0.05) is 46.0 Å². The van der Waals surface area contributed by atoms with Crippen molar-refractivity contribution in [3.63, 3.8) is 0 Å². The van der Waals surface area contributed by atoms with Crippen molar-refractivity contribution < 1.29 is 28.5 Å². The number of benzene rings is 3. The molecular formula is C32H33Cl2FN4O5. The number of ether oxygens (including phenoxy) is 3. The topological polar surface area (TPSA) is 114 Å². The molecule has 12 heteroatoms. The highest BCUT2D eigenvalue weighted by Crippen LogP contribution is 2.38. The first kappa shape index (κ1) is 31.7. The predicted molar refractivity (Wildman–Crippen MR) is 169 cm³/mol. The minimum absolute atomic E-state index is 0.0593. The lowest BCUT2D eigenvalue weighted by atomic mass is 9.99. The predicted octanol–water partition coefficient (Wildman–Crippen LogP) is 5.95. The number of aliphatic hydroxyl groups excluding tert-OH is 1. The molecule has 4 N–H and O–H groups in total. The van der Waals surface area contributed by atoms with Crippen molar-refractivity contribution in [2.45, 2.75) is 25.5 Å². The molecule has 1 aliphatic heterocycles. The normalized spacial score (nSPS) is 14.3. The summed E-state index contributed by atoms with van der Waals surface area (Å²) in [7, 11) is 1.56. The van der Waals surface area contributed by atoms with Crippen molar-refractivity contribution in [1.82, 2.24) is 15.6 Å². The number of halogens is 3. The highest BCUT2D eigenvalue weighted by Gasteiger charge is 2.19. The van der Waals surface area contributed by atoms with Crippen LogP contribution in [0.2, 0.25) is 10.0 Å². The number of nitrogens with one attached hydrogen (secondary N) is 3. The SMILES string of the molecule is COc1cc2c(Oc3ccc(NC(=O)C(O)NCCc4c(Cl)cccc4Cl)cc3F)ccnc2cc1OCC1CCNCC1. The molecule has 9 nitrogen and oxygen atoms in total. The van der Waals surface area contributed by atoms with E-state index in [2.05, 4.69) is 20.9 Å². The molecule has 4 aromatic rings. The molecule has 0 bridgehead atoms. The van der Waals surface area contributed by atoms with Crippen LogP contribution in [0.25, 0.3) is 10.9 Å². The highest BCUT2D eigenvalue weighted by atomic mass is 35.5. The lowest BCUT2D eigenvalue weighted by molar-refractivity contribution is -0.125. The zero-order chi connectivity index (χ0) is 31.1. The first-order chi connectivity index (χ1) is 21.3. The summed E-state index contributed by atoms with van der Waals surface area (Å²) in [4.78, 5) is 16.9. The van der Waals surface area contributed by atoms with Gasteiger partial charge in [-0.1, -0.05) is 29.3 Å². The van der Waals surface area contributed by atoms with Crippen LogP contribution in [0, 0.1) is 11.7 Å². The number of piperidine rings is 1. The second-order valence-electron chi connectivity index (χ2n) is 10.4. The Labute approximate surface area is 264 Å². The van der Waals surface area contributed by atoms with E-state index in [0.717, 1.165) is 32.0 Å². The third-order valence-electron chi connectivity index (χ3n) is 7.36. The Hall–Kier alpha value is -3.67. The van der Waals surface area contributed by atoms with Crippen molar-refractivity contribution in [2.24, 2.45) is 5.92 Å². The monoisotopic (exact) mass is 642 g/mol. The standard InChI is InChI=1S/C32H33Cl2FN4O5/c1-42-29-16-22-26(17-30(29)43-18-19-7-11-36-12-8-19)37-14-10-27(22)44-28-6-5-20(15-25(28)35)39-32(41)31(40)38-13-9-21-23(33)3-2-4-24(21)34/h2-6,10,14-17,19,31,36,38,40H,7-9,11-13,18H2,1H3,(H,39,41). The lowest BCUT2D eigenvalue weighted by Gasteiger charge is -2.23. The van der Waals surface area contributed by atoms with Crippen LogP contribution in [-0.4, -0.2) is 55.6 Å². The first-order valence-corrected chi connectivity index (χ1v) is 15.0. The Morgan fingerprint density at radius 2 is 1.84 bits per heavy atom. The Morgan fingerprint density at radius 1 is 1.07 bits per heavy atom. The van der Waals surface area contributed by atoms with Crippen LogP contribution in [0.4, 0.5) is 10.1 Å². The first-order valence-electron chi connectivity index (χ1n) is 14.2. The average molecular weight is 644 g/mol. The summed E-state index contributed by atoms with van der Waals surface area (Å²) in [5.74, 6) is 0.409. The summed E-state index contributed by atoms with van der Waals surface area (Å²) in [5.41, 5.74) is 1.45. The van der Waals surface area contributed by atoms with Crippen molar-refractivity contribution in [1.29, 1.82) is 0 Å². The number of pyridine rings is 1. The van der Waals surface area contributed by atoms with Gasteiger partial charge in [0.05, 0.1) is 19.2 Å². The van der Waals surface area contributed by atoms with Gasteiger partial charge in [-0.15, -0.1) is 0 Å². The smallest absolute Gasteiger partial charge is 0.268 e. The van der Waals surface area contributed by atoms with E-state index in [1.165, 1.54) is 12.1 Å². The van der Waals surface area contributed by atoms with E-state index >= 15 is 4.39 Å². The number of carbonyl (C=O) groups is 1. The van der Waals surface area contributed by atoms with E-state index in [9.17, 15) is 9.90 Å². The maximum absolute atomic E-state index is 15.1. The van der Waals surface area contributed by atoms with Crippen LogP contribution >= 0.6 is 23.2 Å². The molecule has 1 saturated heterocycles. The van der Waals surface area contributed by atoms with E-state index in [0.29, 0.717) is 62.7 Å². The van der Waals surface area contributed by atoms with E-state index < -0.39 is 18.0 Å². The average Bonchev–Trinajstić information content (AvgIpc) is 3.02. The van der Waals surface area contributed by atoms with Crippen LogP contribution in [0.1, 0.15) is 18.4 Å². The van der Waals surface area contributed by atoms with Crippen molar-refractivity contribution in [2.75, 3.05) is 38.7 Å². The lowest BCUT2D eigenvalue weighted by Crippen LogP contribution is -2.41. The van der Waals surface area contributed by atoms with Gasteiger partial charge in [-0.25, -0.2) is 4.39 Å². The zero-order valence-corrected chi connectivity index (χ0v) is 25.6. The zero-order valence-electron chi connectivity index (χ0n) is 24.0. The molecule has 0 aliphatic carbocycles. The number of aliphatic hydroxyl groups is 1. The number of amides is 1. The van der Waals surface area contributed by atoms with Crippen molar-refractivity contribution in [3.8, 4) is 23.0 Å². The van der Waals surface area contributed by atoms with E-state index in [-0.39, 0.29) is 18.0 Å². The fourth-order valence-corrected chi connectivity index (χ4v) is 5.52. The van der Waals surface area contributed by atoms with Crippen LogP contribution < -0.4 is 30.2 Å². The fourth-order valence-electron chi connectivity index (χ4n) is 4.93. The summed E-state index contributed by atoms with van der Waals surface area (Å²) < 4.78 is 32.7. The van der Waals surface area contributed by atoms with Gasteiger partial charge in [0.15, 0.2) is 29.3 Å². The van der Waals surface area contributed by atoms with Gasteiger partial charge < -0.3 is 30.0 Å². The van der Waals surface area contributed by atoms with Gasteiger partial charge in [0.25, 0.3) is 5.91 Å². The molecule has 1 amide bonds. The van der Waals surface area contributed by atoms with Gasteiger partial charge in [0.2, 0.25) is 0 Å². The molecule has 2 heterocycles. The second-order valence-corrected chi connectivity index (χ2v) is 11.2. The molecule has 1 unspecified atom stereocenters. The summed E-state index contributed by atoms with van der Waals surface area (Å²) in [6.07, 6.45) is 2.53. The maximum atomic E-state index is 15.1. The fraction of sp³-hybridized carbons (Fsp3) is 0.312. The summed E-state index contributed by atoms with van der Waals surface area (Å²) in [6, 6.07) is 14.3. The highest BCUT2D eigenvalue weighted by molar-refractivity contribution is 6.36. The number of fused-ring (bicyclic) bond motifs is 1. The van der Waals surface area contributed by atoms with Crippen LogP contribution in [0.15, 0.2) is 60.8 Å². The molecule has 0 spiro atoms. The van der Waals surface area contributed by atoms with E-state index in [1.807, 2.05) is 0 Å². The molecule has 5 rings (SSSR count). The van der Waals surface area contributed by atoms with Gasteiger partial charge in [-0.05, 0) is 80.2 Å². The Bertz CT molecular complexity index is 1600. The number of methoxy groups -OCH3 is 1. The van der Waals surface area contributed by atoms with Crippen LogP contribution in [-0.2, 0) is 11.2 Å². The molecule has 3 aromatic carbocycles. The number of nitrogens with zero attached hydrogens (tertiary/aromatic N) is 1. The number of carbonyl (C=O) groups excluding carboxylic acids is 1. The Morgan fingerprint density at radius 3 is 2.57 bits per heavy atom. The van der Waals surface area contributed by atoms with Gasteiger partial charge in [-0.2, -0.15) is 0 Å². The van der Waals surface area contributed by atoms with E-state index in [1.54, 1.807) is 49.7 Å². The van der Waals surface area contributed by atoms with Crippen molar-refractivity contribution in [3.05, 3.63) is 82.2 Å².